The Kier molecular flexibility index (Phi) is 9.22. The van der Waals surface area contributed by atoms with Crippen LogP contribution in [0.1, 0.15) is 58.4 Å². The van der Waals surface area contributed by atoms with Gasteiger partial charge in [0.25, 0.3) is 0 Å². The predicted octanol–water partition coefficient (Wildman–Crippen LogP) is 6.11. The summed E-state index contributed by atoms with van der Waals surface area (Å²) in [5, 5.41) is 0.598. The first kappa shape index (κ1) is 19.6. The van der Waals surface area contributed by atoms with Crippen molar-refractivity contribution in [1.29, 1.82) is 0 Å². The first-order valence-corrected chi connectivity index (χ1v) is 9.23. The van der Waals surface area contributed by atoms with E-state index in [1.54, 1.807) is 13.1 Å². The average Bonchev–Trinajstić information content (AvgIpc) is 2.53. The van der Waals surface area contributed by atoms with E-state index in [4.69, 9.17) is 27.4 Å². The van der Waals surface area contributed by atoms with Crippen molar-refractivity contribution in [2.45, 2.75) is 64.2 Å². The number of aromatic nitrogens is 1. The number of pyridine rings is 1. The SMILES string of the molecule is CCCCC(CC)Cc1cnc(Cl)c(Cl)c1SOC(=O)CC. The van der Waals surface area contributed by atoms with Gasteiger partial charge < -0.3 is 4.18 Å². The fraction of sp³-hybridized carbons (Fsp3) is 0.625. The molecule has 0 aliphatic rings. The Morgan fingerprint density at radius 2 is 2.09 bits per heavy atom. The molecule has 0 fully saturated rings. The fourth-order valence-corrected chi connectivity index (χ4v) is 3.29. The second-order valence-electron chi connectivity index (χ2n) is 5.23. The minimum atomic E-state index is -0.280. The zero-order chi connectivity index (χ0) is 16.5. The Bertz CT molecular complexity index is 497. The quantitative estimate of drug-likeness (QED) is 0.392. The molecule has 6 heteroatoms. The maximum Gasteiger partial charge on any atom is 0.317 e. The number of rotatable bonds is 9. The molecule has 22 heavy (non-hydrogen) atoms. The minimum Gasteiger partial charge on any atom is -0.386 e. The van der Waals surface area contributed by atoms with Crippen molar-refractivity contribution in [3.8, 4) is 0 Å². The molecule has 3 nitrogen and oxygen atoms in total. The van der Waals surface area contributed by atoms with Gasteiger partial charge in [-0.25, -0.2) is 4.98 Å². The van der Waals surface area contributed by atoms with Crippen molar-refractivity contribution in [3.05, 3.63) is 21.9 Å². The van der Waals surface area contributed by atoms with Crippen molar-refractivity contribution < 1.29 is 8.98 Å². The van der Waals surface area contributed by atoms with Crippen LogP contribution in [0.5, 0.6) is 0 Å². The molecule has 0 amide bonds. The van der Waals surface area contributed by atoms with E-state index in [1.165, 1.54) is 19.3 Å². The first-order chi connectivity index (χ1) is 10.5. The number of unbranched alkanes of at least 4 members (excludes halogenated alkanes) is 1. The van der Waals surface area contributed by atoms with E-state index in [0.29, 0.717) is 22.3 Å². The molecule has 0 radical (unpaired) electrons. The molecule has 0 aromatic carbocycles. The molecule has 0 saturated carbocycles. The number of nitrogens with zero attached hydrogens (tertiary/aromatic N) is 1. The predicted molar refractivity (Wildman–Crippen MR) is 93.5 cm³/mol. The lowest BCUT2D eigenvalue weighted by Crippen LogP contribution is -2.06. The molecular weight excluding hydrogens is 341 g/mol. The van der Waals surface area contributed by atoms with Gasteiger partial charge in [-0.15, -0.1) is 0 Å². The van der Waals surface area contributed by atoms with Crippen molar-refractivity contribution in [2.24, 2.45) is 5.92 Å². The summed E-state index contributed by atoms with van der Waals surface area (Å²) in [7, 11) is 0. The van der Waals surface area contributed by atoms with Gasteiger partial charge >= 0.3 is 5.97 Å². The van der Waals surface area contributed by atoms with Crippen molar-refractivity contribution >= 4 is 41.2 Å². The summed E-state index contributed by atoms with van der Waals surface area (Å²) < 4.78 is 5.16. The van der Waals surface area contributed by atoms with Crippen LogP contribution in [-0.4, -0.2) is 11.0 Å². The van der Waals surface area contributed by atoms with E-state index in [9.17, 15) is 4.79 Å². The van der Waals surface area contributed by atoms with Gasteiger partial charge in [0.1, 0.15) is 5.15 Å². The molecule has 1 aromatic rings. The van der Waals surface area contributed by atoms with Gasteiger partial charge in [-0.05, 0) is 17.9 Å². The number of carbonyl (C=O) groups excluding carboxylic acids is 1. The summed E-state index contributed by atoms with van der Waals surface area (Å²) >= 11 is 13.2. The van der Waals surface area contributed by atoms with Gasteiger partial charge in [-0.2, -0.15) is 0 Å². The normalized spacial score (nSPS) is 12.2. The van der Waals surface area contributed by atoms with E-state index in [2.05, 4.69) is 18.8 Å². The number of carbonyl (C=O) groups is 1. The summed E-state index contributed by atoms with van der Waals surface area (Å²) in [4.78, 5) is 16.2. The van der Waals surface area contributed by atoms with Gasteiger partial charge in [0.15, 0.2) is 0 Å². The van der Waals surface area contributed by atoms with Crippen LogP contribution in [0, 0.1) is 5.92 Å². The van der Waals surface area contributed by atoms with Crippen LogP contribution in [0.15, 0.2) is 11.1 Å². The van der Waals surface area contributed by atoms with E-state index in [-0.39, 0.29) is 11.1 Å². The van der Waals surface area contributed by atoms with Crippen LogP contribution in [0.2, 0.25) is 10.2 Å². The Morgan fingerprint density at radius 1 is 1.36 bits per heavy atom. The van der Waals surface area contributed by atoms with Crippen LogP contribution >= 0.6 is 35.2 Å². The molecule has 0 aliphatic heterocycles. The summed E-state index contributed by atoms with van der Waals surface area (Å²) in [6.07, 6.45) is 7.60. The minimum absolute atomic E-state index is 0.238. The van der Waals surface area contributed by atoms with Crippen molar-refractivity contribution in [2.75, 3.05) is 0 Å². The Hall–Kier alpha value is -0.450. The number of hydrogen-bond acceptors (Lipinski definition) is 4. The molecule has 0 aliphatic carbocycles. The molecule has 1 rings (SSSR count). The molecule has 1 aromatic heterocycles. The molecule has 0 spiro atoms. The molecule has 1 unspecified atom stereocenters. The van der Waals surface area contributed by atoms with Crippen LogP contribution in [0.3, 0.4) is 0 Å². The number of halogens is 2. The highest BCUT2D eigenvalue weighted by atomic mass is 35.5. The topological polar surface area (TPSA) is 39.2 Å². The Balaban J connectivity index is 2.92. The van der Waals surface area contributed by atoms with Gasteiger partial charge in [0.2, 0.25) is 0 Å². The lowest BCUT2D eigenvalue weighted by Gasteiger charge is -2.17. The molecule has 0 saturated heterocycles. The summed E-state index contributed by atoms with van der Waals surface area (Å²) in [5.41, 5.74) is 0.992. The lowest BCUT2D eigenvalue weighted by atomic mass is 9.93. The zero-order valence-electron chi connectivity index (χ0n) is 13.3. The first-order valence-electron chi connectivity index (χ1n) is 7.73. The van der Waals surface area contributed by atoms with E-state index < -0.39 is 0 Å². The maximum atomic E-state index is 11.4. The van der Waals surface area contributed by atoms with Gasteiger partial charge in [-0.1, -0.05) is 69.7 Å². The number of hydrogen-bond donors (Lipinski definition) is 0. The largest absolute Gasteiger partial charge is 0.386 e. The van der Waals surface area contributed by atoms with E-state index in [1.807, 2.05) is 0 Å². The molecule has 0 N–H and O–H groups in total. The third-order valence-corrected chi connectivity index (χ3v) is 5.33. The highest BCUT2D eigenvalue weighted by Crippen LogP contribution is 2.37. The van der Waals surface area contributed by atoms with Crippen LogP contribution in [-0.2, 0) is 15.4 Å². The molecule has 1 atom stereocenters. The monoisotopic (exact) mass is 363 g/mol. The lowest BCUT2D eigenvalue weighted by molar-refractivity contribution is -0.132. The fourth-order valence-electron chi connectivity index (χ4n) is 2.12. The Morgan fingerprint density at radius 3 is 2.68 bits per heavy atom. The van der Waals surface area contributed by atoms with Gasteiger partial charge in [0, 0.05) is 12.6 Å². The van der Waals surface area contributed by atoms with Crippen LogP contribution < -0.4 is 0 Å². The molecule has 124 valence electrons. The van der Waals surface area contributed by atoms with Crippen molar-refractivity contribution in [3.63, 3.8) is 0 Å². The summed E-state index contributed by atoms with van der Waals surface area (Å²) in [5.74, 6) is 0.290. The second-order valence-corrected chi connectivity index (χ2v) is 6.71. The third kappa shape index (κ3) is 5.98. The van der Waals surface area contributed by atoms with E-state index in [0.717, 1.165) is 30.4 Å². The average molecular weight is 364 g/mol. The van der Waals surface area contributed by atoms with E-state index >= 15 is 0 Å². The second kappa shape index (κ2) is 10.3. The smallest absolute Gasteiger partial charge is 0.317 e. The summed E-state index contributed by atoms with van der Waals surface area (Å²) in [6.45, 7) is 6.14. The molecular formula is C16H23Cl2NO2S. The maximum absolute atomic E-state index is 11.4. The van der Waals surface area contributed by atoms with Crippen molar-refractivity contribution in [1.82, 2.24) is 4.98 Å². The third-order valence-electron chi connectivity index (χ3n) is 3.56. The van der Waals surface area contributed by atoms with Gasteiger partial charge in [-0.3, -0.25) is 4.79 Å². The Labute approximate surface area is 147 Å². The van der Waals surface area contributed by atoms with Gasteiger partial charge in [0.05, 0.1) is 22.0 Å². The van der Waals surface area contributed by atoms with Crippen LogP contribution in [0.25, 0.3) is 0 Å². The van der Waals surface area contributed by atoms with Crippen LogP contribution in [0.4, 0.5) is 0 Å². The molecule has 0 bridgehead atoms. The summed E-state index contributed by atoms with van der Waals surface area (Å²) in [6, 6.07) is 0. The standard InChI is InChI=1S/C16H23Cl2NO2S/c1-4-7-8-11(5-2)9-12-10-19-16(18)14(17)15(12)22-21-13(20)6-3/h10-11H,4-9H2,1-3H3. The molecule has 1 heterocycles. The highest BCUT2D eigenvalue weighted by molar-refractivity contribution is 7.95. The highest BCUT2D eigenvalue weighted by Gasteiger charge is 2.18. The zero-order valence-corrected chi connectivity index (χ0v) is 15.7.